The fraction of sp³-hybridized carbons (Fsp3) is 0.923. The van der Waals surface area contributed by atoms with Crippen molar-refractivity contribution in [2.75, 3.05) is 26.3 Å². The van der Waals surface area contributed by atoms with Gasteiger partial charge in [-0.2, -0.15) is 0 Å². The minimum atomic E-state index is 0.221. The Labute approximate surface area is 103 Å². The zero-order valence-electron chi connectivity index (χ0n) is 10.4. The van der Waals surface area contributed by atoms with Gasteiger partial charge in [-0.3, -0.25) is 9.69 Å². The van der Waals surface area contributed by atoms with E-state index >= 15 is 0 Å². The molecule has 0 aromatic rings. The van der Waals surface area contributed by atoms with Crippen LogP contribution in [-0.4, -0.2) is 49.2 Å². The summed E-state index contributed by atoms with van der Waals surface area (Å²) in [6, 6.07) is 1.15. The highest BCUT2D eigenvalue weighted by molar-refractivity contribution is 5.78. The van der Waals surface area contributed by atoms with Crippen molar-refractivity contribution in [3.8, 4) is 0 Å². The average molecular weight is 238 g/mol. The Kier molecular flexibility index (Phi) is 3.34. The summed E-state index contributed by atoms with van der Waals surface area (Å²) in [4.78, 5) is 14.2. The van der Waals surface area contributed by atoms with Crippen molar-refractivity contribution in [3.63, 3.8) is 0 Å². The van der Waals surface area contributed by atoms with Crippen LogP contribution in [0.5, 0.6) is 0 Å². The molecule has 1 heterocycles. The molecule has 2 aliphatic carbocycles. The Morgan fingerprint density at radius 1 is 1.24 bits per heavy atom. The molecular formula is C13H22N2O2. The molecule has 3 aliphatic rings. The molecule has 1 saturated heterocycles. The summed E-state index contributed by atoms with van der Waals surface area (Å²) < 4.78 is 5.41. The van der Waals surface area contributed by atoms with Crippen molar-refractivity contribution in [1.82, 2.24) is 10.2 Å². The molecule has 0 unspecified atom stereocenters. The standard InChI is InChI=1S/C13H22N2O2/c16-13(14-11-1-2-11)8-15(12-3-4-12)7-10-5-6-17-9-10/h10-12H,1-9H2,(H,14,16)/t10-/m1/s1. The van der Waals surface area contributed by atoms with Crippen molar-refractivity contribution in [2.45, 2.75) is 44.2 Å². The van der Waals surface area contributed by atoms with Crippen LogP contribution in [0.4, 0.5) is 0 Å². The lowest BCUT2D eigenvalue weighted by Crippen LogP contribution is -2.41. The monoisotopic (exact) mass is 238 g/mol. The summed E-state index contributed by atoms with van der Waals surface area (Å²) in [5, 5.41) is 3.08. The van der Waals surface area contributed by atoms with E-state index in [0.717, 1.165) is 26.2 Å². The maximum absolute atomic E-state index is 11.8. The molecule has 0 spiro atoms. The van der Waals surface area contributed by atoms with Gasteiger partial charge in [-0.1, -0.05) is 0 Å². The van der Waals surface area contributed by atoms with E-state index in [4.69, 9.17) is 4.74 Å². The number of rotatable bonds is 6. The molecule has 3 rings (SSSR count). The van der Waals surface area contributed by atoms with Crippen LogP contribution < -0.4 is 5.32 Å². The van der Waals surface area contributed by atoms with Crippen LogP contribution >= 0.6 is 0 Å². The Morgan fingerprint density at radius 3 is 2.65 bits per heavy atom. The fourth-order valence-corrected chi connectivity index (χ4v) is 2.53. The van der Waals surface area contributed by atoms with E-state index in [9.17, 15) is 4.79 Å². The van der Waals surface area contributed by atoms with Crippen LogP contribution in [0.1, 0.15) is 32.1 Å². The predicted molar refractivity (Wildman–Crippen MR) is 64.7 cm³/mol. The Bertz CT molecular complexity index is 281. The first-order valence-electron chi connectivity index (χ1n) is 6.92. The maximum atomic E-state index is 11.8. The maximum Gasteiger partial charge on any atom is 0.234 e. The summed E-state index contributed by atoms with van der Waals surface area (Å²) in [5.74, 6) is 0.864. The number of carbonyl (C=O) groups is 1. The topological polar surface area (TPSA) is 41.6 Å². The summed E-state index contributed by atoms with van der Waals surface area (Å²) in [7, 11) is 0. The second kappa shape index (κ2) is 4.94. The first-order valence-corrected chi connectivity index (χ1v) is 6.92. The van der Waals surface area contributed by atoms with Gasteiger partial charge in [0, 0.05) is 25.2 Å². The van der Waals surface area contributed by atoms with Gasteiger partial charge in [0.05, 0.1) is 13.2 Å². The molecule has 17 heavy (non-hydrogen) atoms. The molecule has 3 fully saturated rings. The van der Waals surface area contributed by atoms with Crippen LogP contribution in [0.3, 0.4) is 0 Å². The Balaban J connectivity index is 1.46. The lowest BCUT2D eigenvalue weighted by atomic mass is 10.1. The third kappa shape index (κ3) is 3.42. The van der Waals surface area contributed by atoms with E-state index in [0.29, 0.717) is 24.5 Å². The number of hydrogen-bond acceptors (Lipinski definition) is 3. The number of hydrogen-bond donors (Lipinski definition) is 1. The third-order valence-electron chi connectivity index (χ3n) is 3.87. The van der Waals surface area contributed by atoms with E-state index in [1.807, 2.05) is 0 Å². The average Bonchev–Trinajstić information content (AvgIpc) is 3.20. The second-order valence-corrected chi connectivity index (χ2v) is 5.73. The van der Waals surface area contributed by atoms with Gasteiger partial charge in [0.25, 0.3) is 0 Å². The Hall–Kier alpha value is -0.610. The number of amides is 1. The fourth-order valence-electron chi connectivity index (χ4n) is 2.53. The molecule has 1 aliphatic heterocycles. The molecule has 4 heteroatoms. The van der Waals surface area contributed by atoms with Gasteiger partial charge in [-0.15, -0.1) is 0 Å². The van der Waals surface area contributed by atoms with E-state index in [2.05, 4.69) is 10.2 Å². The zero-order valence-corrected chi connectivity index (χ0v) is 10.4. The molecule has 0 aromatic heterocycles. The van der Waals surface area contributed by atoms with Crippen LogP contribution in [0.15, 0.2) is 0 Å². The molecule has 0 radical (unpaired) electrons. The van der Waals surface area contributed by atoms with Gasteiger partial charge in [-0.25, -0.2) is 0 Å². The first kappa shape index (κ1) is 11.5. The smallest absolute Gasteiger partial charge is 0.234 e. The summed E-state index contributed by atoms with van der Waals surface area (Å²) in [6.45, 7) is 3.42. The molecule has 2 saturated carbocycles. The molecule has 4 nitrogen and oxygen atoms in total. The van der Waals surface area contributed by atoms with Crippen LogP contribution in [0, 0.1) is 5.92 Å². The quantitative estimate of drug-likeness (QED) is 0.743. The van der Waals surface area contributed by atoms with Crippen molar-refractivity contribution in [2.24, 2.45) is 5.92 Å². The summed E-state index contributed by atoms with van der Waals surface area (Å²) in [6.07, 6.45) is 6.04. The van der Waals surface area contributed by atoms with Crippen molar-refractivity contribution in [3.05, 3.63) is 0 Å². The van der Waals surface area contributed by atoms with Gasteiger partial charge in [0.2, 0.25) is 5.91 Å². The minimum absolute atomic E-state index is 0.221. The molecular weight excluding hydrogens is 216 g/mol. The van der Waals surface area contributed by atoms with Gasteiger partial charge < -0.3 is 10.1 Å². The highest BCUT2D eigenvalue weighted by Crippen LogP contribution is 2.28. The number of nitrogens with zero attached hydrogens (tertiary/aromatic N) is 1. The molecule has 0 aromatic carbocycles. The molecule has 1 N–H and O–H groups in total. The van der Waals surface area contributed by atoms with Gasteiger partial charge in [0.15, 0.2) is 0 Å². The van der Waals surface area contributed by atoms with Gasteiger partial charge in [0.1, 0.15) is 0 Å². The van der Waals surface area contributed by atoms with E-state index in [1.54, 1.807) is 0 Å². The van der Waals surface area contributed by atoms with Crippen LogP contribution in [-0.2, 0) is 9.53 Å². The second-order valence-electron chi connectivity index (χ2n) is 5.73. The summed E-state index contributed by atoms with van der Waals surface area (Å²) in [5.41, 5.74) is 0. The van der Waals surface area contributed by atoms with Crippen LogP contribution in [0.25, 0.3) is 0 Å². The van der Waals surface area contributed by atoms with Crippen molar-refractivity contribution >= 4 is 5.91 Å². The molecule has 1 amide bonds. The SMILES string of the molecule is O=C(CN(C[C@H]1CCOC1)C1CC1)NC1CC1. The first-order chi connectivity index (χ1) is 8.31. The lowest BCUT2D eigenvalue weighted by Gasteiger charge is -2.24. The molecule has 0 bridgehead atoms. The highest BCUT2D eigenvalue weighted by Gasteiger charge is 2.33. The van der Waals surface area contributed by atoms with Crippen molar-refractivity contribution in [1.29, 1.82) is 0 Å². The highest BCUT2D eigenvalue weighted by atomic mass is 16.5. The van der Waals surface area contributed by atoms with Gasteiger partial charge in [-0.05, 0) is 38.0 Å². The number of nitrogens with one attached hydrogen (secondary N) is 1. The molecule has 96 valence electrons. The normalized spacial score (nSPS) is 28.6. The van der Waals surface area contributed by atoms with Crippen molar-refractivity contribution < 1.29 is 9.53 Å². The lowest BCUT2D eigenvalue weighted by molar-refractivity contribution is -0.122. The number of ether oxygens (including phenoxy) is 1. The summed E-state index contributed by atoms with van der Waals surface area (Å²) >= 11 is 0. The van der Waals surface area contributed by atoms with E-state index < -0.39 is 0 Å². The predicted octanol–water partition coefficient (Wildman–Crippen LogP) is 0.766. The molecule has 1 atom stereocenters. The van der Waals surface area contributed by atoms with E-state index in [-0.39, 0.29) is 5.91 Å². The van der Waals surface area contributed by atoms with Crippen LogP contribution in [0.2, 0.25) is 0 Å². The zero-order chi connectivity index (χ0) is 11.7. The Morgan fingerprint density at radius 2 is 2.06 bits per heavy atom. The largest absolute Gasteiger partial charge is 0.381 e. The van der Waals surface area contributed by atoms with Gasteiger partial charge >= 0.3 is 0 Å². The minimum Gasteiger partial charge on any atom is -0.381 e. The number of carbonyl (C=O) groups excluding carboxylic acids is 1. The van der Waals surface area contributed by atoms with E-state index in [1.165, 1.54) is 25.7 Å². The third-order valence-corrected chi connectivity index (χ3v) is 3.87.